The van der Waals surface area contributed by atoms with E-state index in [-0.39, 0.29) is 44.6 Å². The largest absolute Gasteiger partial charge is 0.440 e. The molecule has 0 N–H and O–H groups in total. The number of hydrogen-bond acceptors (Lipinski definition) is 3. The lowest BCUT2D eigenvalue weighted by Gasteiger charge is -2.47. The van der Waals surface area contributed by atoms with E-state index in [0.717, 1.165) is 42.8 Å². The number of fused-ring (bicyclic) bond motifs is 8. The van der Waals surface area contributed by atoms with Crippen LogP contribution in [-0.4, -0.2) is 6.71 Å². The predicted molar refractivity (Wildman–Crippen MR) is 302 cm³/mol. The third kappa shape index (κ3) is 7.18. The number of nitrogens with zero attached hydrogens (tertiary/aromatic N) is 2. The molecule has 4 aliphatic rings. The second-order valence-electron chi connectivity index (χ2n) is 27.6. The van der Waals surface area contributed by atoms with Gasteiger partial charge in [0.2, 0.25) is 5.88 Å². The molecule has 1 aromatic heterocycles. The fourth-order valence-corrected chi connectivity index (χ4v) is 12.7. The standard InChI is InChI=1S/C66H77BN2O/c1-60(2,3)41-23-26-44(27-24-41)68-54-34-43(62(7,8)9)35-55-58(54)67(57-46-36-47-50(39-56(46)70-59(57)68)66(16,17)32-29-63(47,10)11)51-37-48-49(65(14,15)31-30-64(48,12)13)38-53(51)69(55)52-28-25-42(61(4,5)6)33-45(52)40-21-19-18-20-22-40/h18-28,33-39H,29-32H2,1-17H3. The minimum atomic E-state index is -0.153. The topological polar surface area (TPSA) is 19.6 Å². The molecule has 11 rings (SSSR count). The molecule has 3 heterocycles. The highest BCUT2D eigenvalue weighted by Crippen LogP contribution is 2.54. The lowest BCUT2D eigenvalue weighted by Crippen LogP contribution is -2.61. The van der Waals surface area contributed by atoms with E-state index in [1.54, 1.807) is 0 Å². The average molecular weight is 925 g/mol. The summed E-state index contributed by atoms with van der Waals surface area (Å²) >= 11 is 0. The van der Waals surface area contributed by atoms with Crippen molar-refractivity contribution in [2.24, 2.45) is 0 Å². The van der Waals surface area contributed by atoms with Crippen molar-refractivity contribution < 1.29 is 4.42 Å². The molecular weight excluding hydrogens is 848 g/mol. The predicted octanol–water partition coefficient (Wildman–Crippen LogP) is 16.8. The molecule has 0 fully saturated rings. The average Bonchev–Trinajstić information content (AvgIpc) is 3.66. The second-order valence-corrected chi connectivity index (χ2v) is 27.6. The SMILES string of the molecule is CC(C)(C)c1ccc(N2c3cc(C(C)(C)C)cc4c3B(c3cc5c(cc3N4c3ccc(C(C)(C)C)cc3-c3ccccc3)C(C)(C)CCC5(C)C)c3c2oc2cc4c(cc32)C(C)(C)CCC4(C)C)cc1. The normalized spacial score (nSPS) is 18.5. The minimum Gasteiger partial charge on any atom is -0.440 e. The van der Waals surface area contributed by atoms with E-state index in [1.807, 2.05) is 0 Å². The molecule has 360 valence electrons. The molecule has 0 bridgehead atoms. The van der Waals surface area contributed by atoms with E-state index in [1.165, 1.54) is 94.6 Å². The van der Waals surface area contributed by atoms with Crippen molar-refractivity contribution in [1.82, 2.24) is 0 Å². The highest BCUT2D eigenvalue weighted by atomic mass is 16.4. The Morgan fingerprint density at radius 1 is 0.443 bits per heavy atom. The van der Waals surface area contributed by atoms with Crippen LogP contribution in [0.1, 0.15) is 182 Å². The zero-order valence-electron chi connectivity index (χ0n) is 45.6. The van der Waals surface area contributed by atoms with Crippen molar-refractivity contribution >= 4 is 68.4 Å². The Morgan fingerprint density at radius 3 is 1.50 bits per heavy atom. The minimum absolute atomic E-state index is 0.0100. The molecule has 7 aromatic rings. The van der Waals surface area contributed by atoms with Gasteiger partial charge in [-0.2, -0.15) is 0 Å². The molecule has 2 aliphatic carbocycles. The van der Waals surface area contributed by atoms with Gasteiger partial charge in [0.15, 0.2) is 0 Å². The first-order valence-electron chi connectivity index (χ1n) is 26.5. The fraction of sp³-hybridized carbons (Fsp3) is 0.424. The Hall–Kier alpha value is -5.48. The summed E-state index contributed by atoms with van der Waals surface area (Å²) in [4.78, 5) is 5.21. The van der Waals surface area contributed by atoms with Gasteiger partial charge < -0.3 is 9.32 Å². The quantitative estimate of drug-likeness (QED) is 0.165. The molecule has 0 radical (unpaired) electrons. The van der Waals surface area contributed by atoms with Crippen molar-refractivity contribution in [3.05, 3.63) is 148 Å². The van der Waals surface area contributed by atoms with Crippen molar-refractivity contribution in [3.8, 4) is 11.1 Å². The zero-order valence-corrected chi connectivity index (χ0v) is 45.6. The highest BCUT2D eigenvalue weighted by molar-refractivity contribution is 7.01. The van der Waals surface area contributed by atoms with Crippen LogP contribution in [0, 0.1) is 0 Å². The summed E-state index contributed by atoms with van der Waals surface area (Å²) < 4.78 is 7.61. The second kappa shape index (κ2) is 15.0. The van der Waals surface area contributed by atoms with Crippen molar-refractivity contribution in [2.45, 2.75) is 181 Å². The Kier molecular flexibility index (Phi) is 10.1. The van der Waals surface area contributed by atoms with E-state index in [2.05, 4.69) is 237 Å². The van der Waals surface area contributed by atoms with Gasteiger partial charge in [0.1, 0.15) is 5.58 Å². The van der Waals surface area contributed by atoms with E-state index in [4.69, 9.17) is 4.42 Å². The summed E-state index contributed by atoms with van der Waals surface area (Å²) in [7, 11) is 0. The number of hydrogen-bond donors (Lipinski definition) is 0. The van der Waals surface area contributed by atoms with Gasteiger partial charge in [0.25, 0.3) is 6.71 Å². The Morgan fingerprint density at radius 2 is 0.943 bits per heavy atom. The van der Waals surface area contributed by atoms with Gasteiger partial charge >= 0.3 is 0 Å². The number of furan rings is 1. The zero-order chi connectivity index (χ0) is 50.0. The van der Waals surface area contributed by atoms with E-state index < -0.39 is 0 Å². The molecule has 6 aromatic carbocycles. The van der Waals surface area contributed by atoms with Crippen LogP contribution in [0.3, 0.4) is 0 Å². The molecule has 0 unspecified atom stereocenters. The fourth-order valence-electron chi connectivity index (χ4n) is 12.7. The Labute approximate surface area is 421 Å². The highest BCUT2D eigenvalue weighted by Gasteiger charge is 2.50. The van der Waals surface area contributed by atoms with Gasteiger partial charge in [-0.25, -0.2) is 0 Å². The van der Waals surface area contributed by atoms with Crippen molar-refractivity contribution in [1.29, 1.82) is 0 Å². The first-order valence-corrected chi connectivity index (χ1v) is 26.5. The van der Waals surface area contributed by atoms with Gasteiger partial charge in [-0.1, -0.05) is 172 Å². The van der Waals surface area contributed by atoms with Crippen LogP contribution >= 0.6 is 0 Å². The number of benzene rings is 6. The van der Waals surface area contributed by atoms with E-state index in [0.29, 0.717) is 0 Å². The summed E-state index contributed by atoms with van der Waals surface area (Å²) in [6, 6.07) is 43.3. The molecular formula is C66H77BN2O. The summed E-state index contributed by atoms with van der Waals surface area (Å²) in [6.45, 7) is 40.7. The van der Waals surface area contributed by atoms with Gasteiger partial charge in [-0.05, 0) is 174 Å². The molecule has 0 saturated carbocycles. The Balaban J connectivity index is 1.33. The van der Waals surface area contributed by atoms with Gasteiger partial charge in [0, 0.05) is 39.2 Å². The van der Waals surface area contributed by atoms with E-state index in [9.17, 15) is 0 Å². The van der Waals surface area contributed by atoms with Crippen LogP contribution in [-0.2, 0) is 37.9 Å². The first-order chi connectivity index (χ1) is 32.6. The van der Waals surface area contributed by atoms with Gasteiger partial charge in [-0.15, -0.1) is 0 Å². The summed E-state index contributed by atoms with van der Waals surface area (Å²) in [6.07, 6.45) is 4.61. The third-order valence-electron chi connectivity index (χ3n) is 17.7. The summed E-state index contributed by atoms with van der Waals surface area (Å²) in [5.41, 5.74) is 23.3. The van der Waals surface area contributed by atoms with Crippen LogP contribution in [0.5, 0.6) is 0 Å². The maximum Gasteiger partial charge on any atom is 0.257 e. The third-order valence-corrected chi connectivity index (χ3v) is 17.7. The van der Waals surface area contributed by atoms with Crippen molar-refractivity contribution in [2.75, 3.05) is 9.80 Å². The molecule has 0 amide bonds. The van der Waals surface area contributed by atoms with Crippen molar-refractivity contribution in [3.63, 3.8) is 0 Å². The van der Waals surface area contributed by atoms with Crippen LogP contribution < -0.4 is 26.2 Å². The number of rotatable bonds is 3. The molecule has 0 atom stereocenters. The molecule has 3 nitrogen and oxygen atoms in total. The molecule has 4 heteroatoms. The Bertz CT molecular complexity index is 3270. The molecule has 0 spiro atoms. The van der Waals surface area contributed by atoms with Crippen LogP contribution in [0.15, 0.2) is 114 Å². The first kappa shape index (κ1) is 46.9. The molecule has 2 aliphatic heterocycles. The van der Waals surface area contributed by atoms with Gasteiger partial charge in [-0.3, -0.25) is 4.90 Å². The van der Waals surface area contributed by atoms with E-state index >= 15 is 0 Å². The lowest BCUT2D eigenvalue weighted by molar-refractivity contribution is 0.332. The summed E-state index contributed by atoms with van der Waals surface area (Å²) in [5.74, 6) is 0.946. The number of anilines is 6. The maximum atomic E-state index is 7.61. The monoisotopic (exact) mass is 925 g/mol. The van der Waals surface area contributed by atoms with Gasteiger partial charge in [0.05, 0.1) is 5.69 Å². The smallest absolute Gasteiger partial charge is 0.257 e. The molecule has 70 heavy (non-hydrogen) atoms. The van der Waals surface area contributed by atoms with Crippen LogP contribution in [0.25, 0.3) is 22.1 Å². The lowest BCUT2D eigenvalue weighted by atomic mass is 9.33. The van der Waals surface area contributed by atoms with Crippen LogP contribution in [0.2, 0.25) is 0 Å². The maximum absolute atomic E-state index is 7.61. The van der Waals surface area contributed by atoms with Crippen LogP contribution in [0.4, 0.5) is 34.3 Å². The summed E-state index contributed by atoms with van der Waals surface area (Å²) in [5, 5.41) is 1.24. The molecule has 0 saturated heterocycles.